The predicted molar refractivity (Wildman–Crippen MR) is 81.7 cm³/mol. The van der Waals surface area contributed by atoms with Crippen LogP contribution in [0.3, 0.4) is 0 Å². The summed E-state index contributed by atoms with van der Waals surface area (Å²) in [5, 5.41) is 2.84. The molecule has 0 aliphatic carbocycles. The SMILES string of the molecule is C=CCSCCNC(=O)c1sc2nccnc2c1N. The van der Waals surface area contributed by atoms with Crippen molar-refractivity contribution in [3.05, 3.63) is 29.9 Å². The summed E-state index contributed by atoms with van der Waals surface area (Å²) in [4.78, 5) is 21.4. The fourth-order valence-electron chi connectivity index (χ4n) is 1.50. The maximum Gasteiger partial charge on any atom is 0.263 e. The van der Waals surface area contributed by atoms with Gasteiger partial charge in [-0.25, -0.2) is 9.97 Å². The van der Waals surface area contributed by atoms with E-state index in [9.17, 15) is 4.79 Å². The van der Waals surface area contributed by atoms with E-state index in [0.717, 1.165) is 11.5 Å². The number of hydrogen-bond donors (Lipinski definition) is 2. The summed E-state index contributed by atoms with van der Waals surface area (Å²) in [6, 6.07) is 0. The normalized spacial score (nSPS) is 10.5. The van der Waals surface area contributed by atoms with Gasteiger partial charge in [0.25, 0.3) is 5.91 Å². The van der Waals surface area contributed by atoms with Gasteiger partial charge in [0, 0.05) is 30.4 Å². The fourth-order valence-corrected chi connectivity index (χ4v) is 3.01. The first-order valence-electron chi connectivity index (χ1n) is 5.70. The minimum Gasteiger partial charge on any atom is -0.396 e. The Morgan fingerprint density at radius 3 is 3.05 bits per heavy atom. The van der Waals surface area contributed by atoms with E-state index >= 15 is 0 Å². The van der Waals surface area contributed by atoms with E-state index in [1.165, 1.54) is 11.3 Å². The van der Waals surface area contributed by atoms with E-state index in [-0.39, 0.29) is 5.91 Å². The van der Waals surface area contributed by atoms with Crippen LogP contribution in [0.2, 0.25) is 0 Å². The molecule has 0 spiro atoms. The number of nitrogens with zero attached hydrogens (tertiary/aromatic N) is 2. The summed E-state index contributed by atoms with van der Waals surface area (Å²) < 4.78 is 0. The van der Waals surface area contributed by atoms with Crippen LogP contribution in [0, 0.1) is 0 Å². The summed E-state index contributed by atoms with van der Waals surface area (Å²) in [6.45, 7) is 4.24. The number of anilines is 1. The molecule has 0 unspecified atom stereocenters. The summed E-state index contributed by atoms with van der Waals surface area (Å²) in [5.41, 5.74) is 6.92. The highest BCUT2D eigenvalue weighted by atomic mass is 32.2. The Bertz CT molecular complexity index is 596. The Morgan fingerprint density at radius 2 is 2.32 bits per heavy atom. The van der Waals surface area contributed by atoms with E-state index < -0.39 is 0 Å². The average Bonchev–Trinajstić information content (AvgIpc) is 2.76. The first kappa shape index (κ1) is 13.8. The smallest absolute Gasteiger partial charge is 0.263 e. The Balaban J connectivity index is 2.01. The van der Waals surface area contributed by atoms with Crippen LogP contribution in [0.15, 0.2) is 25.0 Å². The van der Waals surface area contributed by atoms with Gasteiger partial charge in [-0.1, -0.05) is 6.08 Å². The van der Waals surface area contributed by atoms with Gasteiger partial charge in [-0.05, 0) is 0 Å². The number of nitrogen functional groups attached to an aromatic ring is 1. The molecule has 2 rings (SSSR count). The largest absolute Gasteiger partial charge is 0.396 e. The molecule has 0 aliphatic heterocycles. The first-order valence-corrected chi connectivity index (χ1v) is 7.67. The van der Waals surface area contributed by atoms with Crippen LogP contribution in [0.5, 0.6) is 0 Å². The number of rotatable bonds is 6. The van der Waals surface area contributed by atoms with Gasteiger partial charge in [-0.2, -0.15) is 11.8 Å². The molecule has 0 fully saturated rings. The van der Waals surface area contributed by atoms with Crippen molar-refractivity contribution in [3.8, 4) is 0 Å². The second kappa shape index (κ2) is 6.53. The Labute approximate surface area is 119 Å². The van der Waals surface area contributed by atoms with Crippen molar-refractivity contribution in [3.63, 3.8) is 0 Å². The molecule has 3 N–H and O–H groups in total. The van der Waals surface area contributed by atoms with Crippen LogP contribution < -0.4 is 11.1 Å². The van der Waals surface area contributed by atoms with Crippen molar-refractivity contribution >= 4 is 45.0 Å². The minimum absolute atomic E-state index is 0.165. The first-order chi connectivity index (χ1) is 9.24. The van der Waals surface area contributed by atoms with Crippen LogP contribution in [0.1, 0.15) is 9.67 Å². The molecule has 0 radical (unpaired) electrons. The van der Waals surface area contributed by atoms with Crippen LogP contribution in [-0.2, 0) is 0 Å². The highest BCUT2D eigenvalue weighted by Gasteiger charge is 2.17. The molecule has 0 saturated heterocycles. The number of thiophene rings is 1. The number of carbonyl (C=O) groups is 1. The van der Waals surface area contributed by atoms with Crippen molar-refractivity contribution in [1.82, 2.24) is 15.3 Å². The maximum atomic E-state index is 12.0. The van der Waals surface area contributed by atoms with E-state index in [0.29, 0.717) is 27.5 Å². The number of nitrogens with one attached hydrogen (secondary N) is 1. The van der Waals surface area contributed by atoms with Crippen molar-refractivity contribution < 1.29 is 4.79 Å². The zero-order valence-electron chi connectivity index (χ0n) is 10.3. The molecule has 0 saturated carbocycles. The number of fused-ring (bicyclic) bond motifs is 1. The van der Waals surface area contributed by atoms with E-state index in [2.05, 4.69) is 21.9 Å². The molecule has 100 valence electrons. The molecular formula is C12H14N4OS2. The van der Waals surface area contributed by atoms with Crippen molar-refractivity contribution in [2.75, 3.05) is 23.8 Å². The number of nitrogens with two attached hydrogens (primary N) is 1. The number of aromatic nitrogens is 2. The molecule has 2 aromatic heterocycles. The molecule has 0 aromatic carbocycles. The lowest BCUT2D eigenvalue weighted by molar-refractivity contribution is 0.0961. The van der Waals surface area contributed by atoms with Crippen molar-refractivity contribution in [2.45, 2.75) is 0 Å². The third-order valence-electron chi connectivity index (χ3n) is 2.34. The zero-order valence-corrected chi connectivity index (χ0v) is 11.9. The standard InChI is InChI=1S/C12H14N4OS2/c1-2-6-18-7-5-15-11(17)10-8(13)9-12(19-10)16-4-3-14-9/h2-4H,1,5-7,13H2,(H,15,17). The quantitative estimate of drug-likeness (QED) is 0.628. The topological polar surface area (TPSA) is 80.9 Å². The summed E-state index contributed by atoms with van der Waals surface area (Å²) in [6.07, 6.45) is 5.00. The third kappa shape index (κ3) is 3.24. The molecule has 0 aliphatic rings. The van der Waals surface area contributed by atoms with Crippen LogP contribution in [0.25, 0.3) is 10.3 Å². The number of hydrogen-bond acceptors (Lipinski definition) is 6. The van der Waals surface area contributed by atoms with Gasteiger partial charge in [-0.3, -0.25) is 4.79 Å². The van der Waals surface area contributed by atoms with Crippen molar-refractivity contribution in [1.29, 1.82) is 0 Å². The fraction of sp³-hybridized carbons (Fsp3) is 0.250. The Morgan fingerprint density at radius 1 is 1.53 bits per heavy atom. The molecule has 0 bridgehead atoms. The molecule has 7 heteroatoms. The van der Waals surface area contributed by atoms with Gasteiger partial charge >= 0.3 is 0 Å². The predicted octanol–water partition coefficient (Wildman–Crippen LogP) is 1.92. The molecule has 2 heterocycles. The third-order valence-corrected chi connectivity index (χ3v) is 4.40. The average molecular weight is 294 g/mol. The second-order valence-electron chi connectivity index (χ2n) is 3.67. The zero-order chi connectivity index (χ0) is 13.7. The number of amides is 1. The molecule has 0 atom stereocenters. The van der Waals surface area contributed by atoms with Crippen LogP contribution >= 0.6 is 23.1 Å². The lowest BCUT2D eigenvalue weighted by atomic mass is 10.3. The maximum absolute atomic E-state index is 12.0. The van der Waals surface area contributed by atoms with Gasteiger partial charge in [0.15, 0.2) is 0 Å². The molecule has 1 amide bonds. The summed E-state index contributed by atoms with van der Waals surface area (Å²) in [5.74, 6) is 1.56. The highest BCUT2D eigenvalue weighted by Crippen LogP contribution is 2.30. The second-order valence-corrected chi connectivity index (χ2v) is 5.82. The Kier molecular flexibility index (Phi) is 4.75. The lowest BCUT2D eigenvalue weighted by Crippen LogP contribution is -2.25. The van der Waals surface area contributed by atoms with E-state index in [1.807, 2.05) is 6.08 Å². The minimum atomic E-state index is -0.165. The van der Waals surface area contributed by atoms with Crippen LogP contribution in [-0.4, -0.2) is 33.9 Å². The van der Waals surface area contributed by atoms with Gasteiger partial charge in [0.05, 0.1) is 5.69 Å². The van der Waals surface area contributed by atoms with E-state index in [4.69, 9.17) is 5.73 Å². The van der Waals surface area contributed by atoms with Gasteiger partial charge in [0.2, 0.25) is 0 Å². The summed E-state index contributed by atoms with van der Waals surface area (Å²) in [7, 11) is 0. The number of thioether (sulfide) groups is 1. The van der Waals surface area contributed by atoms with Gasteiger partial charge in [0.1, 0.15) is 15.2 Å². The highest BCUT2D eigenvalue weighted by molar-refractivity contribution is 7.99. The van der Waals surface area contributed by atoms with E-state index in [1.54, 1.807) is 24.2 Å². The molecule has 19 heavy (non-hydrogen) atoms. The summed E-state index contributed by atoms with van der Waals surface area (Å²) >= 11 is 2.98. The van der Waals surface area contributed by atoms with Gasteiger partial charge < -0.3 is 11.1 Å². The van der Waals surface area contributed by atoms with Crippen LogP contribution in [0.4, 0.5) is 5.69 Å². The molecule has 2 aromatic rings. The molecular weight excluding hydrogens is 280 g/mol. The Hall–Kier alpha value is -1.60. The number of carbonyl (C=O) groups excluding carboxylic acids is 1. The van der Waals surface area contributed by atoms with Crippen molar-refractivity contribution in [2.24, 2.45) is 0 Å². The lowest BCUT2D eigenvalue weighted by Gasteiger charge is -2.03. The molecule has 5 nitrogen and oxygen atoms in total. The van der Waals surface area contributed by atoms with Gasteiger partial charge in [-0.15, -0.1) is 17.9 Å². The monoisotopic (exact) mass is 294 g/mol.